The van der Waals surface area contributed by atoms with Crippen LogP contribution in [0, 0.1) is 0 Å². The molecule has 1 aromatic heterocycles. The summed E-state index contributed by atoms with van der Waals surface area (Å²) in [5, 5.41) is 2.89. The first-order valence-corrected chi connectivity index (χ1v) is 5.12. The highest BCUT2D eigenvalue weighted by atomic mass is 16.2. The zero-order valence-corrected chi connectivity index (χ0v) is 8.73. The molecular weight excluding hydrogens is 190 g/mol. The van der Waals surface area contributed by atoms with Crippen molar-refractivity contribution in [2.75, 3.05) is 0 Å². The van der Waals surface area contributed by atoms with Crippen molar-refractivity contribution in [3.8, 4) is 0 Å². The predicted octanol–water partition coefficient (Wildman–Crippen LogP) is 0.750. The first-order valence-electron chi connectivity index (χ1n) is 5.12. The number of nitrogens with zero attached hydrogens (tertiary/aromatic N) is 1. The Balaban J connectivity index is 1.98. The van der Waals surface area contributed by atoms with E-state index in [1.165, 1.54) is 0 Å². The molecule has 1 aliphatic carbocycles. The molecule has 0 saturated heterocycles. The van der Waals surface area contributed by atoms with Crippen molar-refractivity contribution in [1.82, 2.24) is 10.3 Å². The Morgan fingerprint density at radius 2 is 2.40 bits per heavy atom. The molecule has 0 spiro atoms. The van der Waals surface area contributed by atoms with E-state index in [4.69, 9.17) is 5.73 Å². The first kappa shape index (κ1) is 10.1. The van der Waals surface area contributed by atoms with Crippen molar-refractivity contribution in [2.24, 2.45) is 5.73 Å². The van der Waals surface area contributed by atoms with E-state index in [1.807, 2.05) is 19.1 Å². The molecule has 0 aliphatic heterocycles. The Morgan fingerprint density at radius 3 is 2.93 bits per heavy atom. The topological polar surface area (TPSA) is 68.0 Å². The Bertz CT molecular complexity index is 359. The van der Waals surface area contributed by atoms with Gasteiger partial charge in [-0.2, -0.15) is 0 Å². The third kappa shape index (κ3) is 2.15. The maximum Gasteiger partial charge on any atom is 0.240 e. The van der Waals surface area contributed by atoms with Crippen molar-refractivity contribution in [2.45, 2.75) is 31.3 Å². The van der Waals surface area contributed by atoms with Crippen LogP contribution in [0.25, 0.3) is 0 Å². The van der Waals surface area contributed by atoms with E-state index in [0.29, 0.717) is 0 Å². The van der Waals surface area contributed by atoms with Gasteiger partial charge in [-0.05, 0) is 31.4 Å². The van der Waals surface area contributed by atoms with Crippen LogP contribution in [0.1, 0.15) is 31.4 Å². The minimum absolute atomic E-state index is 0.0350. The minimum Gasteiger partial charge on any atom is -0.348 e. The van der Waals surface area contributed by atoms with E-state index in [-0.39, 0.29) is 11.9 Å². The molecule has 80 valence electrons. The molecule has 0 bridgehead atoms. The van der Waals surface area contributed by atoms with Crippen LogP contribution in [0.2, 0.25) is 0 Å². The molecule has 1 aliphatic rings. The van der Waals surface area contributed by atoms with Crippen LogP contribution in [0.3, 0.4) is 0 Å². The van der Waals surface area contributed by atoms with Gasteiger partial charge in [0.05, 0.1) is 11.6 Å². The summed E-state index contributed by atoms with van der Waals surface area (Å²) in [7, 11) is 0. The number of aromatic nitrogens is 1. The molecule has 1 heterocycles. The van der Waals surface area contributed by atoms with E-state index in [0.717, 1.165) is 18.4 Å². The lowest BCUT2D eigenvalue weighted by atomic mass is 10.1. The maximum atomic E-state index is 11.7. The highest BCUT2D eigenvalue weighted by molar-refractivity contribution is 5.89. The summed E-state index contributed by atoms with van der Waals surface area (Å²) >= 11 is 0. The summed E-state index contributed by atoms with van der Waals surface area (Å²) in [5.41, 5.74) is 6.18. The lowest BCUT2D eigenvalue weighted by Crippen LogP contribution is -2.43. The molecule has 1 fully saturated rings. The predicted molar refractivity (Wildman–Crippen MR) is 56.9 cm³/mol. The second kappa shape index (κ2) is 3.62. The van der Waals surface area contributed by atoms with E-state index >= 15 is 0 Å². The van der Waals surface area contributed by atoms with Gasteiger partial charge < -0.3 is 11.1 Å². The first-order chi connectivity index (χ1) is 7.12. The molecule has 0 unspecified atom stereocenters. The number of pyridine rings is 1. The van der Waals surface area contributed by atoms with E-state index in [1.54, 1.807) is 12.4 Å². The fraction of sp³-hybridized carbons (Fsp3) is 0.455. The fourth-order valence-corrected chi connectivity index (χ4v) is 1.42. The van der Waals surface area contributed by atoms with Crippen molar-refractivity contribution < 1.29 is 4.79 Å². The molecule has 15 heavy (non-hydrogen) atoms. The van der Waals surface area contributed by atoms with Crippen molar-refractivity contribution >= 4 is 5.91 Å². The molecule has 4 nitrogen and oxygen atoms in total. The Labute approximate surface area is 88.9 Å². The van der Waals surface area contributed by atoms with Gasteiger partial charge in [0.1, 0.15) is 0 Å². The zero-order chi connectivity index (χ0) is 10.9. The van der Waals surface area contributed by atoms with Gasteiger partial charge in [-0.3, -0.25) is 9.78 Å². The van der Waals surface area contributed by atoms with Crippen LogP contribution in [0.4, 0.5) is 0 Å². The van der Waals surface area contributed by atoms with Gasteiger partial charge in [0.2, 0.25) is 5.91 Å². The largest absolute Gasteiger partial charge is 0.348 e. The Hall–Kier alpha value is -1.42. The van der Waals surface area contributed by atoms with Gasteiger partial charge in [0, 0.05) is 12.4 Å². The van der Waals surface area contributed by atoms with Crippen LogP contribution < -0.4 is 11.1 Å². The van der Waals surface area contributed by atoms with Crippen molar-refractivity contribution in [3.63, 3.8) is 0 Å². The average molecular weight is 205 g/mol. The van der Waals surface area contributed by atoms with Gasteiger partial charge in [0.25, 0.3) is 0 Å². The molecule has 0 radical (unpaired) electrons. The molecule has 3 N–H and O–H groups in total. The smallest absolute Gasteiger partial charge is 0.240 e. The third-order valence-corrected chi connectivity index (χ3v) is 2.77. The molecule has 1 aromatic rings. The molecule has 1 amide bonds. The number of rotatable bonds is 3. The number of carbonyl (C=O) groups excluding carboxylic acids is 1. The van der Waals surface area contributed by atoms with Gasteiger partial charge in [-0.25, -0.2) is 0 Å². The number of amides is 1. The third-order valence-electron chi connectivity index (χ3n) is 2.77. The fourth-order valence-electron chi connectivity index (χ4n) is 1.42. The quantitative estimate of drug-likeness (QED) is 0.765. The number of hydrogen-bond donors (Lipinski definition) is 2. The molecular formula is C11H15N3O. The van der Waals surface area contributed by atoms with Crippen molar-refractivity contribution in [1.29, 1.82) is 0 Å². The minimum atomic E-state index is -0.601. The summed E-state index contributed by atoms with van der Waals surface area (Å²) in [6, 6.07) is 3.76. The zero-order valence-electron chi connectivity index (χ0n) is 8.73. The second-order valence-electron chi connectivity index (χ2n) is 4.14. The van der Waals surface area contributed by atoms with Crippen LogP contribution in [0.5, 0.6) is 0 Å². The van der Waals surface area contributed by atoms with Crippen molar-refractivity contribution in [3.05, 3.63) is 30.1 Å². The Morgan fingerprint density at radius 1 is 1.67 bits per heavy atom. The molecule has 0 aromatic carbocycles. The number of carbonyl (C=O) groups is 1. The summed E-state index contributed by atoms with van der Waals surface area (Å²) < 4.78 is 0. The Kier molecular flexibility index (Phi) is 2.44. The normalized spacial score (nSPS) is 19.3. The van der Waals surface area contributed by atoms with Gasteiger partial charge in [-0.15, -0.1) is 0 Å². The summed E-state index contributed by atoms with van der Waals surface area (Å²) in [4.78, 5) is 15.7. The van der Waals surface area contributed by atoms with Crippen LogP contribution >= 0.6 is 0 Å². The SMILES string of the molecule is C[C@@H](NC(=O)C1(N)CC1)c1cccnc1. The van der Waals surface area contributed by atoms with Gasteiger partial charge in [-0.1, -0.05) is 6.07 Å². The molecule has 1 atom stereocenters. The van der Waals surface area contributed by atoms with E-state index in [2.05, 4.69) is 10.3 Å². The summed E-state index contributed by atoms with van der Waals surface area (Å²) in [6.07, 6.45) is 5.04. The lowest BCUT2D eigenvalue weighted by molar-refractivity contribution is -0.123. The van der Waals surface area contributed by atoms with Crippen LogP contribution in [0.15, 0.2) is 24.5 Å². The summed E-state index contributed by atoms with van der Waals surface area (Å²) in [5.74, 6) is -0.0566. The second-order valence-corrected chi connectivity index (χ2v) is 4.14. The van der Waals surface area contributed by atoms with Gasteiger partial charge >= 0.3 is 0 Å². The van der Waals surface area contributed by atoms with E-state index < -0.39 is 5.54 Å². The monoisotopic (exact) mass is 205 g/mol. The lowest BCUT2D eigenvalue weighted by Gasteiger charge is -2.16. The molecule has 1 saturated carbocycles. The highest BCUT2D eigenvalue weighted by Gasteiger charge is 2.46. The number of nitrogens with two attached hydrogens (primary N) is 1. The average Bonchev–Trinajstić information content (AvgIpc) is 2.99. The van der Waals surface area contributed by atoms with Crippen LogP contribution in [-0.4, -0.2) is 16.4 Å². The standard InChI is InChI=1S/C11H15N3O/c1-8(9-3-2-6-13-7-9)14-10(15)11(12)4-5-11/h2-3,6-8H,4-5,12H2,1H3,(H,14,15)/t8-/m1/s1. The van der Waals surface area contributed by atoms with Crippen LogP contribution in [-0.2, 0) is 4.79 Å². The maximum absolute atomic E-state index is 11.7. The molecule has 2 rings (SSSR count). The number of hydrogen-bond acceptors (Lipinski definition) is 3. The highest BCUT2D eigenvalue weighted by Crippen LogP contribution is 2.32. The number of nitrogens with one attached hydrogen (secondary N) is 1. The van der Waals surface area contributed by atoms with Gasteiger partial charge in [0.15, 0.2) is 0 Å². The molecule has 4 heteroatoms. The summed E-state index contributed by atoms with van der Waals surface area (Å²) in [6.45, 7) is 1.93. The van der Waals surface area contributed by atoms with E-state index in [9.17, 15) is 4.79 Å².